The number of carbonyl (C=O) groups is 1. The summed E-state index contributed by atoms with van der Waals surface area (Å²) in [6.07, 6.45) is 5.95. The van der Waals surface area contributed by atoms with Crippen molar-refractivity contribution in [3.8, 4) is 5.75 Å². The van der Waals surface area contributed by atoms with Crippen LogP contribution in [0, 0.1) is 5.92 Å². The van der Waals surface area contributed by atoms with E-state index in [9.17, 15) is 4.79 Å². The van der Waals surface area contributed by atoms with Crippen LogP contribution >= 0.6 is 23.0 Å². The number of hydrogen-bond donors (Lipinski definition) is 1. The molecule has 1 aliphatic carbocycles. The lowest BCUT2D eigenvalue weighted by molar-refractivity contribution is -0.119. The van der Waals surface area contributed by atoms with Crippen LogP contribution in [0.3, 0.4) is 0 Å². The molecule has 0 heterocycles. The van der Waals surface area contributed by atoms with E-state index in [2.05, 4.69) is 5.32 Å². The highest BCUT2D eigenvalue weighted by molar-refractivity contribution is 14.1. The van der Waals surface area contributed by atoms with Crippen LogP contribution in [0.4, 0.5) is 0 Å². The Balaban J connectivity index is 1.88. The Bertz CT molecular complexity index is 475. The van der Waals surface area contributed by atoms with Crippen molar-refractivity contribution in [2.75, 3.05) is 13.2 Å². The highest BCUT2D eigenvalue weighted by Gasteiger charge is 2.16. The molecule has 1 unspecified atom stereocenters. The molecule has 0 saturated heterocycles. The molecule has 0 spiro atoms. The predicted molar refractivity (Wildman–Crippen MR) is 95.0 cm³/mol. The number of ether oxygens (including phenoxy) is 1. The van der Waals surface area contributed by atoms with Crippen LogP contribution in [0.15, 0.2) is 24.3 Å². The maximum absolute atomic E-state index is 10.9. The maximum atomic E-state index is 10.9. The first-order valence-electron chi connectivity index (χ1n) is 7.93. The Morgan fingerprint density at radius 2 is 2.18 bits per heavy atom. The topological polar surface area (TPSA) is 47.6 Å². The zero-order valence-corrected chi connectivity index (χ0v) is 15.2. The van der Waals surface area contributed by atoms with Crippen molar-refractivity contribution in [1.82, 2.24) is 5.32 Å². The summed E-state index contributed by atoms with van der Waals surface area (Å²) in [5, 5.41) is 2.80. The van der Waals surface area contributed by atoms with E-state index in [1.54, 1.807) is 0 Å². The van der Waals surface area contributed by atoms with Crippen LogP contribution < -0.4 is 10.1 Å². The van der Waals surface area contributed by atoms with Gasteiger partial charge in [-0.2, -0.15) is 0 Å². The van der Waals surface area contributed by atoms with Crippen LogP contribution in [-0.4, -0.2) is 19.1 Å². The number of carbonyl (C=O) groups excluding carboxylic acids is 1. The standard InChI is InChI=1S/C17H24INO3/c1-13(20)19-10-9-17(22-18)15-7-4-8-16(11-15)21-12-14-5-2-3-6-14/h4,7-8,11,14,17H,2-3,5-6,9-10,12H2,1H3,(H,19,20). The van der Waals surface area contributed by atoms with Crippen molar-refractivity contribution in [1.29, 1.82) is 0 Å². The minimum Gasteiger partial charge on any atom is -0.493 e. The molecule has 1 aromatic rings. The molecule has 2 rings (SSSR count). The quantitative estimate of drug-likeness (QED) is 0.646. The van der Waals surface area contributed by atoms with Gasteiger partial charge in [0.05, 0.1) is 12.7 Å². The number of benzene rings is 1. The fraction of sp³-hybridized carbons (Fsp3) is 0.588. The van der Waals surface area contributed by atoms with Gasteiger partial charge in [-0.15, -0.1) is 0 Å². The van der Waals surface area contributed by atoms with E-state index >= 15 is 0 Å². The van der Waals surface area contributed by atoms with Gasteiger partial charge >= 0.3 is 0 Å². The van der Waals surface area contributed by atoms with Gasteiger partial charge in [-0.3, -0.25) is 4.79 Å². The minimum absolute atomic E-state index is 0.0131. The SMILES string of the molecule is CC(=O)NCCC(OI)c1cccc(OCC2CCCC2)c1. The Labute approximate surface area is 146 Å². The molecule has 1 amide bonds. The molecule has 1 fully saturated rings. The fourth-order valence-electron chi connectivity index (χ4n) is 2.84. The molecule has 1 N–H and O–H groups in total. The molecule has 4 nitrogen and oxygen atoms in total. The van der Waals surface area contributed by atoms with Crippen LogP contribution in [0.25, 0.3) is 0 Å². The number of halogens is 1. The third-order valence-electron chi connectivity index (χ3n) is 4.08. The van der Waals surface area contributed by atoms with E-state index in [1.807, 2.05) is 47.3 Å². The normalized spacial score (nSPS) is 16.5. The number of hydrogen-bond acceptors (Lipinski definition) is 3. The molecular weight excluding hydrogens is 393 g/mol. The molecule has 0 radical (unpaired) electrons. The van der Waals surface area contributed by atoms with Crippen molar-refractivity contribution in [2.24, 2.45) is 5.92 Å². The largest absolute Gasteiger partial charge is 0.493 e. The number of nitrogens with one attached hydrogen (secondary N) is 1. The minimum atomic E-state index is -0.0394. The lowest BCUT2D eigenvalue weighted by atomic mass is 10.1. The molecule has 5 heteroatoms. The molecule has 1 atom stereocenters. The van der Waals surface area contributed by atoms with E-state index in [-0.39, 0.29) is 12.0 Å². The van der Waals surface area contributed by atoms with Gasteiger partial charge in [-0.1, -0.05) is 25.0 Å². The lowest BCUT2D eigenvalue weighted by Crippen LogP contribution is -2.22. The number of rotatable bonds is 8. The van der Waals surface area contributed by atoms with Gasteiger partial charge < -0.3 is 13.1 Å². The Kier molecular flexibility index (Phi) is 7.45. The third-order valence-corrected chi connectivity index (χ3v) is 4.69. The van der Waals surface area contributed by atoms with Crippen LogP contribution in [0.5, 0.6) is 5.75 Å². The van der Waals surface area contributed by atoms with Crippen molar-refractivity contribution >= 4 is 28.9 Å². The Morgan fingerprint density at radius 1 is 1.41 bits per heavy atom. The molecule has 122 valence electrons. The zero-order valence-electron chi connectivity index (χ0n) is 13.0. The van der Waals surface area contributed by atoms with E-state index in [1.165, 1.54) is 32.6 Å². The summed E-state index contributed by atoms with van der Waals surface area (Å²) in [6, 6.07) is 8.09. The first-order valence-corrected chi connectivity index (χ1v) is 8.81. The summed E-state index contributed by atoms with van der Waals surface area (Å²) in [6.45, 7) is 2.94. The highest BCUT2D eigenvalue weighted by atomic mass is 127. The van der Waals surface area contributed by atoms with Gasteiger partial charge in [0.15, 0.2) is 0 Å². The van der Waals surface area contributed by atoms with E-state index in [0.717, 1.165) is 24.3 Å². The van der Waals surface area contributed by atoms with Gasteiger partial charge in [0.25, 0.3) is 0 Å². The molecule has 22 heavy (non-hydrogen) atoms. The van der Waals surface area contributed by atoms with Crippen LogP contribution in [-0.2, 0) is 7.86 Å². The lowest BCUT2D eigenvalue weighted by Gasteiger charge is -2.16. The molecule has 0 aliphatic heterocycles. The zero-order chi connectivity index (χ0) is 15.8. The monoisotopic (exact) mass is 417 g/mol. The first-order chi connectivity index (χ1) is 10.7. The fourth-order valence-corrected chi connectivity index (χ4v) is 3.39. The second-order valence-electron chi connectivity index (χ2n) is 5.88. The Morgan fingerprint density at radius 3 is 2.86 bits per heavy atom. The predicted octanol–water partition coefficient (Wildman–Crippen LogP) is 4.19. The molecule has 0 aromatic heterocycles. The van der Waals surface area contributed by atoms with Crippen LogP contribution in [0.1, 0.15) is 50.7 Å². The summed E-state index contributed by atoms with van der Waals surface area (Å²) >= 11 is 1.92. The van der Waals surface area contributed by atoms with Gasteiger partial charge in [0, 0.05) is 13.5 Å². The molecule has 0 bridgehead atoms. The molecule has 1 saturated carbocycles. The van der Waals surface area contributed by atoms with Crippen molar-refractivity contribution < 1.29 is 12.6 Å². The van der Waals surface area contributed by atoms with Gasteiger partial charge in [0.2, 0.25) is 5.91 Å². The second-order valence-corrected chi connectivity index (χ2v) is 6.39. The molecule has 1 aromatic carbocycles. The van der Waals surface area contributed by atoms with Crippen molar-refractivity contribution in [2.45, 2.75) is 45.1 Å². The van der Waals surface area contributed by atoms with Crippen LogP contribution in [0.2, 0.25) is 0 Å². The highest BCUT2D eigenvalue weighted by Crippen LogP contribution is 2.28. The molecular formula is C17H24INO3. The first kappa shape index (κ1) is 17.5. The average Bonchev–Trinajstić information content (AvgIpc) is 3.03. The average molecular weight is 417 g/mol. The summed E-state index contributed by atoms with van der Waals surface area (Å²) in [5.74, 6) is 1.60. The van der Waals surface area contributed by atoms with Gasteiger partial charge in [-0.05, 0) is 42.9 Å². The van der Waals surface area contributed by atoms with E-state index < -0.39 is 0 Å². The number of amides is 1. The van der Waals surface area contributed by atoms with Crippen molar-refractivity contribution in [3.63, 3.8) is 0 Å². The summed E-state index contributed by atoms with van der Waals surface area (Å²) in [5.41, 5.74) is 1.09. The summed E-state index contributed by atoms with van der Waals surface area (Å²) in [7, 11) is 0. The smallest absolute Gasteiger partial charge is 0.216 e. The Hall–Kier alpha value is -0.820. The maximum Gasteiger partial charge on any atom is 0.216 e. The van der Waals surface area contributed by atoms with Gasteiger partial charge in [-0.25, -0.2) is 0 Å². The summed E-state index contributed by atoms with van der Waals surface area (Å²) < 4.78 is 11.5. The van der Waals surface area contributed by atoms with Gasteiger partial charge in [0.1, 0.15) is 28.8 Å². The molecule has 1 aliphatic rings. The van der Waals surface area contributed by atoms with E-state index in [4.69, 9.17) is 7.80 Å². The summed E-state index contributed by atoms with van der Waals surface area (Å²) in [4.78, 5) is 10.9. The van der Waals surface area contributed by atoms with E-state index in [0.29, 0.717) is 12.5 Å². The van der Waals surface area contributed by atoms with Crippen molar-refractivity contribution in [3.05, 3.63) is 29.8 Å². The second kappa shape index (κ2) is 9.35. The third kappa shape index (κ3) is 5.76.